The smallest absolute Gasteiger partial charge is 0.214 e. The molecule has 8 heteroatoms. The van der Waals surface area contributed by atoms with Crippen molar-refractivity contribution in [1.82, 2.24) is 19.8 Å². The van der Waals surface area contributed by atoms with Crippen LogP contribution in [-0.2, 0) is 10.0 Å². The predicted octanol–water partition coefficient (Wildman–Crippen LogP) is 2.01. The molecular weight excluding hydrogens is 374 g/mol. The molecule has 2 N–H and O–H groups in total. The van der Waals surface area contributed by atoms with Gasteiger partial charge in [0.1, 0.15) is 0 Å². The molecule has 0 atom stereocenters. The van der Waals surface area contributed by atoms with Gasteiger partial charge in [0.05, 0.1) is 5.75 Å². The standard InChI is InChI=1S/C20H41N5O2S/c1-3-18-28(26,27)25-16-10-19(11-17-25)23-20(21-2)22-12-6-4-7-13-24-14-8-5-9-15-24/h19H,3-18H2,1-2H3,(H2,21,22,23). The Balaban J connectivity index is 1.56. The average Bonchev–Trinajstić information content (AvgIpc) is 2.70. The maximum Gasteiger partial charge on any atom is 0.214 e. The van der Waals surface area contributed by atoms with Crippen molar-refractivity contribution in [2.75, 3.05) is 52.1 Å². The highest BCUT2D eigenvalue weighted by atomic mass is 32.2. The molecule has 0 saturated carbocycles. The van der Waals surface area contributed by atoms with E-state index in [1.54, 1.807) is 11.4 Å². The van der Waals surface area contributed by atoms with E-state index >= 15 is 0 Å². The Hall–Kier alpha value is -0.860. The second-order valence-corrected chi connectivity index (χ2v) is 10.2. The van der Waals surface area contributed by atoms with E-state index in [9.17, 15) is 8.42 Å². The summed E-state index contributed by atoms with van der Waals surface area (Å²) in [6.07, 6.45) is 10.2. The van der Waals surface area contributed by atoms with Crippen LogP contribution in [0.15, 0.2) is 4.99 Å². The molecule has 0 bridgehead atoms. The highest BCUT2D eigenvalue weighted by Gasteiger charge is 2.27. The van der Waals surface area contributed by atoms with E-state index in [2.05, 4.69) is 20.5 Å². The molecule has 2 saturated heterocycles. The second kappa shape index (κ2) is 12.6. The Morgan fingerprint density at radius 3 is 2.39 bits per heavy atom. The molecule has 7 nitrogen and oxygen atoms in total. The highest BCUT2D eigenvalue weighted by molar-refractivity contribution is 7.89. The molecule has 2 rings (SSSR count). The molecule has 0 aromatic carbocycles. The van der Waals surface area contributed by atoms with Gasteiger partial charge < -0.3 is 15.5 Å². The first-order chi connectivity index (χ1) is 13.5. The molecule has 2 heterocycles. The van der Waals surface area contributed by atoms with E-state index in [0.717, 1.165) is 31.8 Å². The van der Waals surface area contributed by atoms with Gasteiger partial charge in [0.15, 0.2) is 5.96 Å². The minimum atomic E-state index is -3.07. The lowest BCUT2D eigenvalue weighted by atomic mass is 10.1. The summed E-state index contributed by atoms with van der Waals surface area (Å²) >= 11 is 0. The molecule has 2 fully saturated rings. The van der Waals surface area contributed by atoms with Gasteiger partial charge in [-0.05, 0) is 64.6 Å². The van der Waals surface area contributed by atoms with E-state index < -0.39 is 10.0 Å². The number of nitrogens with one attached hydrogen (secondary N) is 2. The Labute approximate surface area is 172 Å². The topological polar surface area (TPSA) is 77.0 Å². The monoisotopic (exact) mass is 415 g/mol. The maximum absolute atomic E-state index is 12.2. The fourth-order valence-corrected chi connectivity index (χ4v) is 5.62. The Kier molecular flexibility index (Phi) is 10.6. The fourth-order valence-electron chi connectivity index (χ4n) is 4.08. The molecule has 0 spiro atoms. The summed E-state index contributed by atoms with van der Waals surface area (Å²) in [5.74, 6) is 1.09. The summed E-state index contributed by atoms with van der Waals surface area (Å²) in [6, 6.07) is 0.290. The van der Waals surface area contributed by atoms with E-state index in [-0.39, 0.29) is 5.75 Å². The van der Waals surface area contributed by atoms with Gasteiger partial charge in [0.2, 0.25) is 10.0 Å². The first kappa shape index (κ1) is 23.4. The van der Waals surface area contributed by atoms with E-state index in [1.807, 2.05) is 6.92 Å². The number of hydrogen-bond donors (Lipinski definition) is 2. The van der Waals surface area contributed by atoms with Gasteiger partial charge in [-0.1, -0.05) is 19.8 Å². The lowest BCUT2D eigenvalue weighted by molar-refractivity contribution is 0.224. The lowest BCUT2D eigenvalue weighted by Gasteiger charge is -2.32. The fraction of sp³-hybridized carbons (Fsp3) is 0.950. The molecule has 28 heavy (non-hydrogen) atoms. The molecular formula is C20H41N5O2S. The van der Waals surface area contributed by atoms with Crippen LogP contribution in [0, 0.1) is 0 Å². The largest absolute Gasteiger partial charge is 0.356 e. The van der Waals surface area contributed by atoms with Gasteiger partial charge in [0.25, 0.3) is 0 Å². The zero-order valence-electron chi connectivity index (χ0n) is 18.0. The number of rotatable bonds is 10. The molecule has 0 aromatic rings. The summed E-state index contributed by atoms with van der Waals surface area (Å²) in [6.45, 7) is 7.87. The van der Waals surface area contributed by atoms with Crippen LogP contribution < -0.4 is 10.6 Å². The SMILES string of the molecule is CCCS(=O)(=O)N1CCC(NC(=NC)NCCCCCN2CCCCC2)CC1. The van der Waals surface area contributed by atoms with Crippen LogP contribution in [0.5, 0.6) is 0 Å². The molecule has 0 unspecified atom stereocenters. The zero-order valence-corrected chi connectivity index (χ0v) is 18.8. The highest BCUT2D eigenvalue weighted by Crippen LogP contribution is 2.15. The minimum absolute atomic E-state index is 0.256. The van der Waals surface area contributed by atoms with Crippen molar-refractivity contribution in [2.24, 2.45) is 4.99 Å². The van der Waals surface area contributed by atoms with Gasteiger partial charge in [-0.15, -0.1) is 0 Å². The lowest BCUT2D eigenvalue weighted by Crippen LogP contribution is -2.50. The van der Waals surface area contributed by atoms with Crippen molar-refractivity contribution in [2.45, 2.75) is 70.8 Å². The van der Waals surface area contributed by atoms with Crippen LogP contribution in [-0.4, -0.2) is 81.7 Å². The first-order valence-corrected chi connectivity index (χ1v) is 12.8. The van der Waals surface area contributed by atoms with E-state index in [0.29, 0.717) is 25.6 Å². The Morgan fingerprint density at radius 2 is 1.75 bits per heavy atom. The van der Waals surface area contributed by atoms with Crippen molar-refractivity contribution in [3.8, 4) is 0 Å². The van der Waals surface area contributed by atoms with Crippen molar-refractivity contribution in [3.05, 3.63) is 0 Å². The number of aliphatic imine (C=N–C) groups is 1. The Bertz CT molecular complexity index is 553. The number of unbranched alkanes of at least 4 members (excludes halogenated alkanes) is 2. The number of likely N-dealkylation sites (tertiary alicyclic amines) is 1. The van der Waals surface area contributed by atoms with Crippen LogP contribution in [0.3, 0.4) is 0 Å². The van der Waals surface area contributed by atoms with Crippen molar-refractivity contribution < 1.29 is 8.42 Å². The number of nitrogens with zero attached hydrogens (tertiary/aromatic N) is 3. The molecule has 0 aromatic heterocycles. The summed E-state index contributed by atoms with van der Waals surface area (Å²) in [7, 11) is -1.27. The van der Waals surface area contributed by atoms with Crippen molar-refractivity contribution in [3.63, 3.8) is 0 Å². The minimum Gasteiger partial charge on any atom is -0.356 e. The molecule has 2 aliphatic rings. The van der Waals surface area contributed by atoms with Crippen LogP contribution in [0.25, 0.3) is 0 Å². The van der Waals surface area contributed by atoms with Crippen LogP contribution in [0.2, 0.25) is 0 Å². The number of piperidine rings is 2. The van der Waals surface area contributed by atoms with Gasteiger partial charge in [-0.2, -0.15) is 0 Å². The molecule has 164 valence electrons. The third kappa shape index (κ3) is 8.25. The molecule has 0 radical (unpaired) electrons. The number of sulfonamides is 1. The van der Waals surface area contributed by atoms with E-state index in [4.69, 9.17) is 0 Å². The second-order valence-electron chi connectivity index (χ2n) is 8.10. The first-order valence-electron chi connectivity index (χ1n) is 11.2. The van der Waals surface area contributed by atoms with Gasteiger partial charge in [0, 0.05) is 32.7 Å². The third-order valence-corrected chi connectivity index (χ3v) is 7.84. The summed E-state index contributed by atoms with van der Waals surface area (Å²) in [5, 5.41) is 6.87. The average molecular weight is 416 g/mol. The quantitative estimate of drug-likeness (QED) is 0.324. The predicted molar refractivity (Wildman–Crippen MR) is 117 cm³/mol. The molecule has 2 aliphatic heterocycles. The zero-order chi connectivity index (χ0) is 20.2. The Morgan fingerprint density at radius 1 is 1.04 bits per heavy atom. The van der Waals surface area contributed by atoms with Crippen LogP contribution >= 0.6 is 0 Å². The van der Waals surface area contributed by atoms with Gasteiger partial charge in [-0.25, -0.2) is 12.7 Å². The maximum atomic E-state index is 12.2. The summed E-state index contributed by atoms with van der Waals surface area (Å²) < 4.78 is 26.0. The molecule has 0 amide bonds. The molecule has 0 aliphatic carbocycles. The summed E-state index contributed by atoms with van der Waals surface area (Å²) in [4.78, 5) is 6.93. The third-order valence-electron chi connectivity index (χ3n) is 5.77. The van der Waals surface area contributed by atoms with Crippen LogP contribution in [0.1, 0.15) is 64.7 Å². The van der Waals surface area contributed by atoms with Gasteiger partial charge >= 0.3 is 0 Å². The van der Waals surface area contributed by atoms with Crippen molar-refractivity contribution in [1.29, 1.82) is 0 Å². The normalized spacial score (nSPS) is 21.0. The van der Waals surface area contributed by atoms with Crippen LogP contribution in [0.4, 0.5) is 0 Å². The summed E-state index contributed by atoms with van der Waals surface area (Å²) in [5.41, 5.74) is 0. The van der Waals surface area contributed by atoms with Gasteiger partial charge in [-0.3, -0.25) is 4.99 Å². The van der Waals surface area contributed by atoms with Crippen molar-refractivity contribution >= 4 is 16.0 Å². The number of guanidine groups is 1. The van der Waals surface area contributed by atoms with E-state index in [1.165, 1.54) is 51.7 Å². The number of hydrogen-bond acceptors (Lipinski definition) is 4.